The van der Waals surface area contributed by atoms with Gasteiger partial charge in [-0.25, -0.2) is 14.6 Å². The Morgan fingerprint density at radius 3 is 2.59 bits per heavy atom. The predicted octanol–water partition coefficient (Wildman–Crippen LogP) is 4.35. The van der Waals surface area contributed by atoms with Crippen molar-refractivity contribution in [3.05, 3.63) is 87.4 Å². The largest absolute Gasteiger partial charge is 0.478 e. The molecule has 1 amide bonds. The van der Waals surface area contributed by atoms with Gasteiger partial charge in [-0.05, 0) is 56.3 Å². The van der Waals surface area contributed by atoms with Crippen LogP contribution < -0.4 is 5.43 Å². The number of carboxylic acid groups (broad SMARTS) is 1. The summed E-state index contributed by atoms with van der Waals surface area (Å²) in [6.07, 6.45) is 1.49. The van der Waals surface area contributed by atoms with Gasteiger partial charge in [0.05, 0.1) is 16.8 Å². The Bertz CT molecular complexity index is 1140. The lowest BCUT2D eigenvalue weighted by Gasteiger charge is -2.11. The predicted molar refractivity (Wildman–Crippen MR) is 109 cm³/mol. The van der Waals surface area contributed by atoms with E-state index in [4.69, 9.17) is 16.7 Å². The highest BCUT2D eigenvalue weighted by Gasteiger charge is 2.14. The molecule has 0 spiro atoms. The van der Waals surface area contributed by atoms with Crippen molar-refractivity contribution in [3.63, 3.8) is 0 Å². The molecule has 0 radical (unpaired) electrons. The number of hydrogen-bond donors (Lipinski definition) is 2. The summed E-state index contributed by atoms with van der Waals surface area (Å²) in [5, 5.41) is 13.2. The minimum absolute atomic E-state index is 0.0275. The monoisotopic (exact) mass is 413 g/mol. The van der Waals surface area contributed by atoms with Gasteiger partial charge in [-0.2, -0.15) is 5.10 Å². The Morgan fingerprint density at radius 2 is 1.93 bits per heavy atom. The molecule has 0 atom stereocenters. The summed E-state index contributed by atoms with van der Waals surface area (Å²) < 4.78 is 15.1. The molecule has 1 heterocycles. The normalized spacial score (nSPS) is 11.0. The standard InChI is InChI=1S/C21H17ClFN3O3/c1-12-8-15(11-24-25-20(27)14-4-3-5-16(23)9-14)13(2)26(12)17-6-7-18(21(28)29)19(22)10-17/h3-11H,1-2H3,(H,25,27)(H,28,29)/b24-11-. The van der Waals surface area contributed by atoms with E-state index in [2.05, 4.69) is 10.5 Å². The molecule has 0 aliphatic carbocycles. The first-order valence-electron chi connectivity index (χ1n) is 8.59. The maximum absolute atomic E-state index is 13.2. The fourth-order valence-corrected chi connectivity index (χ4v) is 3.24. The molecule has 148 valence electrons. The summed E-state index contributed by atoms with van der Waals surface area (Å²) in [4.78, 5) is 23.2. The fraction of sp³-hybridized carbons (Fsp3) is 0.0952. The Hall–Kier alpha value is -3.45. The number of hydrogen-bond acceptors (Lipinski definition) is 3. The topological polar surface area (TPSA) is 83.7 Å². The fourth-order valence-electron chi connectivity index (χ4n) is 2.99. The van der Waals surface area contributed by atoms with Crippen molar-refractivity contribution < 1.29 is 19.1 Å². The maximum atomic E-state index is 13.2. The van der Waals surface area contributed by atoms with E-state index < -0.39 is 17.7 Å². The molecule has 29 heavy (non-hydrogen) atoms. The number of aromatic nitrogens is 1. The Morgan fingerprint density at radius 1 is 1.17 bits per heavy atom. The molecule has 2 N–H and O–H groups in total. The number of hydrazone groups is 1. The zero-order valence-electron chi connectivity index (χ0n) is 15.6. The van der Waals surface area contributed by atoms with Gasteiger partial charge in [-0.1, -0.05) is 17.7 Å². The third kappa shape index (κ3) is 4.35. The van der Waals surface area contributed by atoms with Crippen molar-refractivity contribution in [1.29, 1.82) is 0 Å². The highest BCUT2D eigenvalue weighted by Crippen LogP contribution is 2.25. The average molecular weight is 414 g/mol. The molecule has 0 aliphatic rings. The second-order valence-corrected chi connectivity index (χ2v) is 6.75. The third-order valence-electron chi connectivity index (χ3n) is 4.37. The van der Waals surface area contributed by atoms with Crippen LogP contribution in [0.25, 0.3) is 5.69 Å². The smallest absolute Gasteiger partial charge is 0.337 e. The lowest BCUT2D eigenvalue weighted by molar-refractivity contribution is 0.0697. The van der Waals surface area contributed by atoms with E-state index in [0.717, 1.165) is 23.0 Å². The average Bonchev–Trinajstić information content (AvgIpc) is 2.94. The molecule has 1 aromatic heterocycles. The molecule has 0 aliphatic heterocycles. The number of nitrogens with one attached hydrogen (secondary N) is 1. The van der Waals surface area contributed by atoms with Crippen molar-refractivity contribution in [2.45, 2.75) is 13.8 Å². The second-order valence-electron chi connectivity index (χ2n) is 6.34. The van der Waals surface area contributed by atoms with Gasteiger partial charge in [-0.3, -0.25) is 4.79 Å². The molecule has 0 unspecified atom stereocenters. The molecular formula is C21H17ClFN3O3. The summed E-state index contributed by atoms with van der Waals surface area (Å²) in [5.41, 5.74) is 5.72. The number of carbonyl (C=O) groups excluding carboxylic acids is 1. The van der Waals surface area contributed by atoms with Gasteiger partial charge in [0.25, 0.3) is 5.91 Å². The van der Waals surface area contributed by atoms with Crippen LogP contribution in [0.4, 0.5) is 4.39 Å². The van der Waals surface area contributed by atoms with Crippen LogP contribution >= 0.6 is 11.6 Å². The number of halogens is 2. The van der Waals surface area contributed by atoms with Crippen LogP contribution in [0.2, 0.25) is 5.02 Å². The van der Waals surface area contributed by atoms with E-state index >= 15 is 0 Å². The van der Waals surface area contributed by atoms with Crippen LogP contribution in [-0.2, 0) is 0 Å². The van der Waals surface area contributed by atoms with Crippen molar-refractivity contribution in [1.82, 2.24) is 9.99 Å². The van der Waals surface area contributed by atoms with E-state index in [1.165, 1.54) is 30.5 Å². The van der Waals surface area contributed by atoms with Gasteiger partial charge in [0.15, 0.2) is 0 Å². The number of aryl methyl sites for hydroxylation is 1. The van der Waals surface area contributed by atoms with Crippen LogP contribution in [0.5, 0.6) is 0 Å². The van der Waals surface area contributed by atoms with E-state index in [-0.39, 0.29) is 16.1 Å². The van der Waals surface area contributed by atoms with Crippen LogP contribution in [0.15, 0.2) is 53.6 Å². The summed E-state index contributed by atoms with van der Waals surface area (Å²) in [6.45, 7) is 3.75. The van der Waals surface area contributed by atoms with Gasteiger partial charge in [0, 0.05) is 28.2 Å². The zero-order valence-corrected chi connectivity index (χ0v) is 16.4. The Labute approximate surface area is 171 Å². The summed E-state index contributed by atoms with van der Waals surface area (Å²) in [6, 6.07) is 11.9. The van der Waals surface area contributed by atoms with E-state index in [1.54, 1.807) is 12.1 Å². The van der Waals surface area contributed by atoms with Gasteiger partial charge >= 0.3 is 5.97 Å². The first-order valence-corrected chi connectivity index (χ1v) is 8.97. The van der Waals surface area contributed by atoms with Gasteiger partial charge < -0.3 is 9.67 Å². The lowest BCUT2D eigenvalue weighted by atomic mass is 10.2. The summed E-state index contributed by atoms with van der Waals surface area (Å²) >= 11 is 6.08. The zero-order chi connectivity index (χ0) is 21.1. The second kappa shape index (κ2) is 8.28. The maximum Gasteiger partial charge on any atom is 0.337 e. The number of nitrogens with zero attached hydrogens (tertiary/aromatic N) is 2. The number of aromatic carboxylic acids is 1. The SMILES string of the molecule is Cc1cc(/C=N\NC(=O)c2cccc(F)c2)c(C)n1-c1ccc(C(=O)O)c(Cl)c1. The van der Waals surface area contributed by atoms with Gasteiger partial charge in [-0.15, -0.1) is 0 Å². The van der Waals surface area contributed by atoms with Gasteiger partial charge in [0.2, 0.25) is 0 Å². The molecule has 6 nitrogen and oxygen atoms in total. The van der Waals surface area contributed by atoms with E-state index in [1.807, 2.05) is 24.5 Å². The minimum atomic E-state index is -1.09. The first-order chi connectivity index (χ1) is 13.8. The number of rotatable bonds is 5. The lowest BCUT2D eigenvalue weighted by Crippen LogP contribution is -2.17. The highest BCUT2D eigenvalue weighted by atomic mass is 35.5. The third-order valence-corrected chi connectivity index (χ3v) is 4.68. The van der Waals surface area contributed by atoms with Crippen molar-refractivity contribution in [3.8, 4) is 5.69 Å². The summed E-state index contributed by atoms with van der Waals surface area (Å²) in [7, 11) is 0. The van der Waals surface area contributed by atoms with E-state index in [9.17, 15) is 14.0 Å². The Balaban J connectivity index is 1.82. The van der Waals surface area contributed by atoms with Crippen LogP contribution in [0.3, 0.4) is 0 Å². The number of benzene rings is 2. The number of carbonyl (C=O) groups is 2. The molecule has 8 heteroatoms. The van der Waals surface area contributed by atoms with E-state index in [0.29, 0.717) is 5.69 Å². The minimum Gasteiger partial charge on any atom is -0.478 e. The highest BCUT2D eigenvalue weighted by molar-refractivity contribution is 6.33. The summed E-state index contributed by atoms with van der Waals surface area (Å²) in [5.74, 6) is -2.12. The van der Waals surface area contributed by atoms with Crippen molar-refractivity contribution in [2.24, 2.45) is 5.10 Å². The molecular weight excluding hydrogens is 397 g/mol. The molecule has 3 aromatic rings. The Kier molecular flexibility index (Phi) is 5.79. The molecule has 0 bridgehead atoms. The number of carboxylic acids is 1. The number of amides is 1. The molecule has 0 saturated heterocycles. The molecule has 2 aromatic carbocycles. The van der Waals surface area contributed by atoms with Crippen LogP contribution in [0, 0.1) is 19.7 Å². The quantitative estimate of drug-likeness (QED) is 0.482. The first kappa shape index (κ1) is 20.3. The van der Waals surface area contributed by atoms with Crippen LogP contribution in [-0.4, -0.2) is 27.8 Å². The van der Waals surface area contributed by atoms with Gasteiger partial charge in [0.1, 0.15) is 5.82 Å². The molecule has 3 rings (SSSR count). The van der Waals surface area contributed by atoms with Crippen molar-refractivity contribution >= 4 is 29.7 Å². The molecule has 0 saturated carbocycles. The van der Waals surface area contributed by atoms with Crippen molar-refractivity contribution in [2.75, 3.05) is 0 Å². The van der Waals surface area contributed by atoms with Crippen LogP contribution in [0.1, 0.15) is 37.7 Å². The molecule has 0 fully saturated rings.